The molecule has 3 heteroatoms. The first kappa shape index (κ1) is 19.4. The van der Waals surface area contributed by atoms with Gasteiger partial charge >= 0.3 is 5.97 Å². The molecule has 3 rings (SSSR count). The molecule has 0 saturated heterocycles. The summed E-state index contributed by atoms with van der Waals surface area (Å²) in [5, 5.41) is 3.58. The number of hydrogen-bond donors (Lipinski definition) is 1. The Hall–Kier alpha value is -3.33. The number of hydrogen-bond acceptors (Lipinski definition) is 3. The summed E-state index contributed by atoms with van der Waals surface area (Å²) < 4.78 is 5.21. The lowest BCUT2D eigenvalue weighted by Crippen LogP contribution is -2.15. The van der Waals surface area contributed by atoms with Gasteiger partial charge in [-0.1, -0.05) is 78.4 Å². The van der Waals surface area contributed by atoms with Gasteiger partial charge in [-0.2, -0.15) is 0 Å². The van der Waals surface area contributed by atoms with Crippen LogP contribution < -0.4 is 5.32 Å². The summed E-state index contributed by atoms with van der Waals surface area (Å²) in [6, 6.07) is 28.1. The number of ether oxygens (including phenoxy) is 1. The van der Waals surface area contributed by atoms with Crippen LogP contribution in [-0.4, -0.2) is 12.6 Å². The summed E-state index contributed by atoms with van der Waals surface area (Å²) in [6.07, 6.45) is 1.60. The lowest BCUT2D eigenvalue weighted by atomic mass is 9.91. The Morgan fingerprint density at radius 2 is 1.54 bits per heavy atom. The van der Waals surface area contributed by atoms with E-state index in [2.05, 4.69) is 36.5 Å². The third-order valence-electron chi connectivity index (χ3n) is 4.47. The molecule has 1 N–H and O–H groups in total. The van der Waals surface area contributed by atoms with Gasteiger partial charge in [0.25, 0.3) is 0 Å². The number of benzene rings is 3. The first-order valence-electron chi connectivity index (χ1n) is 9.49. The van der Waals surface area contributed by atoms with E-state index in [1.165, 1.54) is 5.56 Å². The Bertz CT molecular complexity index is 916. The first-order chi connectivity index (χ1) is 13.7. The molecule has 3 aromatic rings. The van der Waals surface area contributed by atoms with E-state index in [0.29, 0.717) is 6.61 Å². The van der Waals surface area contributed by atoms with E-state index in [1.54, 1.807) is 6.08 Å². The highest BCUT2D eigenvalue weighted by atomic mass is 16.5. The molecule has 142 valence electrons. The monoisotopic (exact) mass is 371 g/mol. The normalized spacial score (nSPS) is 12.3. The van der Waals surface area contributed by atoms with Crippen molar-refractivity contribution >= 4 is 17.2 Å². The smallest absolute Gasteiger partial charge is 0.331 e. The van der Waals surface area contributed by atoms with E-state index in [4.69, 9.17) is 4.74 Å². The molecule has 0 aliphatic carbocycles. The van der Waals surface area contributed by atoms with Crippen molar-refractivity contribution < 1.29 is 9.53 Å². The Morgan fingerprint density at radius 1 is 0.929 bits per heavy atom. The molecule has 0 bridgehead atoms. The molecule has 0 aromatic heterocycles. The van der Waals surface area contributed by atoms with Crippen LogP contribution in [0.3, 0.4) is 0 Å². The zero-order valence-electron chi connectivity index (χ0n) is 16.3. The standard InChI is InChI=1S/C25H25NO2/c1-3-28-24(27)18-23(20-10-6-4-7-11-20)25(21-16-14-19(2)15-17-21)26-22-12-8-5-9-13-22/h4-18,25-26H,3H2,1-2H3. The van der Waals surface area contributed by atoms with Gasteiger partial charge in [-0.3, -0.25) is 0 Å². The third-order valence-corrected chi connectivity index (χ3v) is 4.47. The lowest BCUT2D eigenvalue weighted by molar-refractivity contribution is -0.137. The van der Waals surface area contributed by atoms with Gasteiger partial charge in [0.2, 0.25) is 0 Å². The predicted octanol–water partition coefficient (Wildman–Crippen LogP) is 5.79. The van der Waals surface area contributed by atoms with E-state index in [9.17, 15) is 4.79 Å². The second-order valence-electron chi connectivity index (χ2n) is 6.57. The number of anilines is 1. The molecule has 1 unspecified atom stereocenters. The van der Waals surface area contributed by atoms with Crippen molar-refractivity contribution in [2.75, 3.05) is 11.9 Å². The second kappa shape index (κ2) is 9.56. The van der Waals surface area contributed by atoms with Crippen molar-refractivity contribution in [1.82, 2.24) is 0 Å². The molecular weight excluding hydrogens is 346 g/mol. The van der Waals surface area contributed by atoms with Crippen molar-refractivity contribution in [3.8, 4) is 0 Å². The SMILES string of the molecule is CCOC(=O)C=C(c1ccccc1)C(Nc1ccccc1)c1ccc(C)cc1. The first-order valence-corrected chi connectivity index (χ1v) is 9.49. The number of aryl methyl sites for hydroxylation is 1. The van der Waals surface area contributed by atoms with E-state index < -0.39 is 0 Å². The molecule has 0 spiro atoms. The van der Waals surface area contributed by atoms with Crippen molar-refractivity contribution in [3.63, 3.8) is 0 Å². The average Bonchev–Trinajstić information content (AvgIpc) is 2.73. The summed E-state index contributed by atoms with van der Waals surface area (Å²) in [5.41, 5.74) is 5.10. The van der Waals surface area contributed by atoms with Crippen LogP contribution in [0.25, 0.3) is 5.57 Å². The number of esters is 1. The minimum absolute atomic E-state index is 0.199. The van der Waals surface area contributed by atoms with Gasteiger partial charge in [0.1, 0.15) is 0 Å². The van der Waals surface area contributed by atoms with Crippen LogP contribution in [-0.2, 0) is 9.53 Å². The fourth-order valence-corrected chi connectivity index (χ4v) is 3.08. The summed E-state index contributed by atoms with van der Waals surface area (Å²) in [7, 11) is 0. The van der Waals surface area contributed by atoms with Gasteiger partial charge in [-0.15, -0.1) is 0 Å². The second-order valence-corrected chi connectivity index (χ2v) is 6.57. The molecule has 0 aliphatic rings. The summed E-state index contributed by atoms with van der Waals surface area (Å²) in [4.78, 5) is 12.3. The predicted molar refractivity (Wildman–Crippen MR) is 115 cm³/mol. The number of carbonyl (C=O) groups is 1. The number of carbonyl (C=O) groups excluding carboxylic acids is 1. The van der Waals surface area contributed by atoms with Crippen molar-refractivity contribution in [1.29, 1.82) is 0 Å². The summed E-state index contributed by atoms with van der Waals surface area (Å²) in [6.45, 7) is 4.22. The topological polar surface area (TPSA) is 38.3 Å². The van der Waals surface area contributed by atoms with E-state index in [1.807, 2.05) is 67.6 Å². The van der Waals surface area contributed by atoms with Gasteiger partial charge in [0.05, 0.1) is 12.6 Å². The summed E-state index contributed by atoms with van der Waals surface area (Å²) >= 11 is 0. The molecule has 0 fully saturated rings. The van der Waals surface area contributed by atoms with Crippen LogP contribution in [0, 0.1) is 6.92 Å². The summed E-state index contributed by atoms with van der Waals surface area (Å²) in [5.74, 6) is -0.340. The molecule has 28 heavy (non-hydrogen) atoms. The van der Waals surface area contributed by atoms with Crippen LogP contribution >= 0.6 is 0 Å². The van der Waals surface area contributed by atoms with Crippen LogP contribution in [0.2, 0.25) is 0 Å². The number of rotatable bonds is 7. The van der Waals surface area contributed by atoms with Gasteiger partial charge in [-0.25, -0.2) is 4.79 Å². The zero-order valence-corrected chi connectivity index (χ0v) is 16.3. The van der Waals surface area contributed by atoms with Crippen LogP contribution in [0.1, 0.15) is 29.7 Å². The Kier molecular flexibility index (Phi) is 6.64. The molecule has 0 radical (unpaired) electrons. The van der Waals surface area contributed by atoms with E-state index >= 15 is 0 Å². The van der Waals surface area contributed by atoms with Crippen molar-refractivity contribution in [3.05, 3.63) is 108 Å². The van der Waals surface area contributed by atoms with Crippen molar-refractivity contribution in [2.24, 2.45) is 0 Å². The largest absolute Gasteiger partial charge is 0.463 e. The third kappa shape index (κ3) is 5.10. The molecular formula is C25H25NO2. The fraction of sp³-hybridized carbons (Fsp3) is 0.160. The van der Waals surface area contributed by atoms with E-state index in [-0.39, 0.29) is 12.0 Å². The van der Waals surface area contributed by atoms with Gasteiger partial charge in [-0.05, 0) is 42.7 Å². The lowest BCUT2D eigenvalue weighted by Gasteiger charge is -2.24. The average molecular weight is 371 g/mol. The zero-order chi connectivity index (χ0) is 19.8. The maximum absolute atomic E-state index is 12.3. The molecule has 0 heterocycles. The fourth-order valence-electron chi connectivity index (χ4n) is 3.08. The molecule has 3 nitrogen and oxygen atoms in total. The number of para-hydroxylation sites is 1. The highest BCUT2D eigenvalue weighted by Gasteiger charge is 2.20. The van der Waals surface area contributed by atoms with Crippen LogP contribution in [0.4, 0.5) is 5.69 Å². The molecule has 1 atom stereocenters. The molecule has 0 saturated carbocycles. The minimum atomic E-state index is -0.340. The number of nitrogens with one attached hydrogen (secondary N) is 1. The Labute approximate surface area is 166 Å². The van der Waals surface area contributed by atoms with Crippen LogP contribution in [0.15, 0.2) is 91.0 Å². The molecule has 0 aliphatic heterocycles. The van der Waals surface area contributed by atoms with E-state index in [0.717, 1.165) is 22.4 Å². The highest BCUT2D eigenvalue weighted by Crippen LogP contribution is 2.33. The van der Waals surface area contributed by atoms with Gasteiger partial charge in [0, 0.05) is 11.8 Å². The van der Waals surface area contributed by atoms with Gasteiger partial charge < -0.3 is 10.1 Å². The molecule has 3 aromatic carbocycles. The minimum Gasteiger partial charge on any atom is -0.463 e. The Morgan fingerprint density at radius 3 is 2.14 bits per heavy atom. The van der Waals surface area contributed by atoms with Crippen molar-refractivity contribution in [2.45, 2.75) is 19.9 Å². The highest BCUT2D eigenvalue weighted by molar-refractivity contribution is 5.93. The Balaban J connectivity index is 2.09. The van der Waals surface area contributed by atoms with Gasteiger partial charge in [0.15, 0.2) is 0 Å². The van der Waals surface area contributed by atoms with Crippen LogP contribution in [0.5, 0.6) is 0 Å². The maximum Gasteiger partial charge on any atom is 0.331 e. The molecule has 0 amide bonds. The maximum atomic E-state index is 12.3. The quantitative estimate of drug-likeness (QED) is 0.422.